The zero-order valence-electron chi connectivity index (χ0n) is 11.1. The summed E-state index contributed by atoms with van der Waals surface area (Å²) in [5, 5.41) is 8.91. The van der Waals surface area contributed by atoms with Gasteiger partial charge in [0.25, 0.3) is 0 Å². The molecule has 0 aromatic rings. The first-order valence-electron chi connectivity index (χ1n) is 6.25. The molecule has 100 valence electrons. The number of carboxylic acid groups (broad SMARTS) is 1. The van der Waals surface area contributed by atoms with E-state index in [1.165, 1.54) is 12.8 Å². The van der Waals surface area contributed by atoms with Crippen molar-refractivity contribution in [3.63, 3.8) is 0 Å². The molecule has 3 unspecified atom stereocenters. The molecular weight excluding hydrogens is 218 g/mol. The van der Waals surface area contributed by atoms with Gasteiger partial charge in [0, 0.05) is 12.6 Å². The molecule has 1 aliphatic heterocycles. The van der Waals surface area contributed by atoms with Gasteiger partial charge in [0.15, 0.2) is 0 Å². The van der Waals surface area contributed by atoms with Gasteiger partial charge in [-0.25, -0.2) is 0 Å². The van der Waals surface area contributed by atoms with Crippen LogP contribution in [0.15, 0.2) is 0 Å². The summed E-state index contributed by atoms with van der Waals surface area (Å²) in [6, 6.07) is -0.501. The average molecular weight is 243 g/mol. The van der Waals surface area contributed by atoms with E-state index < -0.39 is 12.0 Å². The number of likely N-dealkylation sites (tertiary alicyclic amines) is 1. The van der Waals surface area contributed by atoms with Crippen LogP contribution in [0.25, 0.3) is 0 Å². The SMILES string of the molecule is CN1CCCC(C(CC(N)C(=O)O)N(C)C)C1. The fraction of sp³-hybridized carbons (Fsp3) is 0.917. The molecular formula is C12H25N3O2. The van der Waals surface area contributed by atoms with Crippen LogP contribution in [-0.4, -0.2) is 67.2 Å². The van der Waals surface area contributed by atoms with Crippen molar-refractivity contribution in [1.82, 2.24) is 9.80 Å². The number of nitrogens with two attached hydrogens (primary N) is 1. The molecule has 1 fully saturated rings. The summed E-state index contributed by atoms with van der Waals surface area (Å²) in [5.74, 6) is -0.379. The summed E-state index contributed by atoms with van der Waals surface area (Å²) >= 11 is 0. The Hall–Kier alpha value is -0.650. The Labute approximate surface area is 104 Å². The Kier molecular flexibility index (Phi) is 5.36. The van der Waals surface area contributed by atoms with Crippen molar-refractivity contribution in [1.29, 1.82) is 0 Å². The van der Waals surface area contributed by atoms with Gasteiger partial charge in [0.2, 0.25) is 0 Å². The summed E-state index contributed by atoms with van der Waals surface area (Å²) in [7, 11) is 6.14. The van der Waals surface area contributed by atoms with Crippen LogP contribution in [-0.2, 0) is 4.79 Å². The summed E-state index contributed by atoms with van der Waals surface area (Å²) in [6.07, 6.45) is 2.88. The molecule has 0 radical (unpaired) electrons. The molecule has 3 N–H and O–H groups in total. The predicted octanol–water partition coefficient (Wildman–Crippen LogP) is 0.0604. The number of aliphatic carboxylic acids is 1. The minimum Gasteiger partial charge on any atom is -0.480 e. The lowest BCUT2D eigenvalue weighted by Gasteiger charge is -2.38. The van der Waals surface area contributed by atoms with Crippen molar-refractivity contribution in [3.05, 3.63) is 0 Å². The van der Waals surface area contributed by atoms with E-state index in [1.807, 2.05) is 14.1 Å². The zero-order chi connectivity index (χ0) is 13.0. The largest absolute Gasteiger partial charge is 0.480 e. The molecule has 5 nitrogen and oxygen atoms in total. The third kappa shape index (κ3) is 4.26. The molecule has 0 saturated carbocycles. The molecule has 1 heterocycles. The van der Waals surface area contributed by atoms with Crippen LogP contribution in [0.5, 0.6) is 0 Å². The van der Waals surface area contributed by atoms with E-state index in [0.29, 0.717) is 12.3 Å². The lowest BCUT2D eigenvalue weighted by Crippen LogP contribution is -2.48. The molecule has 0 aliphatic carbocycles. The molecule has 5 heteroatoms. The Morgan fingerprint density at radius 1 is 1.59 bits per heavy atom. The van der Waals surface area contributed by atoms with Gasteiger partial charge in [-0.2, -0.15) is 0 Å². The lowest BCUT2D eigenvalue weighted by atomic mass is 9.86. The molecule has 1 saturated heterocycles. The summed E-state index contributed by atoms with van der Waals surface area (Å²) in [4.78, 5) is 15.3. The number of hydrogen-bond donors (Lipinski definition) is 2. The molecule has 0 bridgehead atoms. The zero-order valence-corrected chi connectivity index (χ0v) is 11.1. The molecule has 1 aliphatic rings. The van der Waals surface area contributed by atoms with Crippen molar-refractivity contribution in [2.75, 3.05) is 34.2 Å². The number of hydrogen-bond acceptors (Lipinski definition) is 4. The number of carboxylic acids is 1. The Morgan fingerprint density at radius 3 is 2.71 bits per heavy atom. The monoisotopic (exact) mass is 243 g/mol. The molecule has 0 aromatic carbocycles. The maximum atomic E-state index is 10.9. The number of rotatable bonds is 5. The van der Waals surface area contributed by atoms with Crippen molar-refractivity contribution in [2.45, 2.75) is 31.3 Å². The highest BCUT2D eigenvalue weighted by molar-refractivity contribution is 5.73. The van der Waals surface area contributed by atoms with E-state index in [1.54, 1.807) is 0 Å². The maximum Gasteiger partial charge on any atom is 0.320 e. The quantitative estimate of drug-likeness (QED) is 0.714. The van der Waals surface area contributed by atoms with E-state index >= 15 is 0 Å². The normalized spacial score (nSPS) is 25.8. The van der Waals surface area contributed by atoms with Gasteiger partial charge in [-0.1, -0.05) is 0 Å². The first-order chi connectivity index (χ1) is 7.91. The van der Waals surface area contributed by atoms with Gasteiger partial charge >= 0.3 is 5.97 Å². The molecule has 1 rings (SSSR count). The average Bonchev–Trinajstić information content (AvgIpc) is 2.24. The highest BCUT2D eigenvalue weighted by Crippen LogP contribution is 2.24. The van der Waals surface area contributed by atoms with Crippen molar-refractivity contribution >= 4 is 5.97 Å². The fourth-order valence-corrected chi connectivity index (χ4v) is 2.71. The Morgan fingerprint density at radius 2 is 2.24 bits per heavy atom. The van der Waals surface area contributed by atoms with Gasteiger partial charge in [-0.15, -0.1) is 0 Å². The first kappa shape index (κ1) is 14.4. The van der Waals surface area contributed by atoms with Gasteiger partial charge in [-0.3, -0.25) is 4.79 Å². The van der Waals surface area contributed by atoms with Crippen LogP contribution >= 0.6 is 0 Å². The Bertz CT molecular complexity index is 258. The second-order valence-electron chi connectivity index (χ2n) is 5.38. The minimum atomic E-state index is -0.902. The third-order valence-corrected chi connectivity index (χ3v) is 3.68. The van der Waals surface area contributed by atoms with Crippen LogP contribution in [0.3, 0.4) is 0 Å². The number of nitrogens with zero attached hydrogens (tertiary/aromatic N) is 2. The van der Waals surface area contributed by atoms with E-state index in [0.717, 1.165) is 13.1 Å². The summed E-state index contributed by atoms with van der Waals surface area (Å²) < 4.78 is 0. The van der Waals surface area contributed by atoms with Gasteiger partial charge in [0.1, 0.15) is 6.04 Å². The summed E-state index contributed by atoms with van der Waals surface area (Å²) in [6.45, 7) is 2.18. The Balaban J connectivity index is 2.61. The van der Waals surface area contributed by atoms with Crippen LogP contribution in [0, 0.1) is 5.92 Å². The highest BCUT2D eigenvalue weighted by atomic mass is 16.4. The van der Waals surface area contributed by atoms with E-state index in [2.05, 4.69) is 16.8 Å². The molecule has 0 spiro atoms. The van der Waals surface area contributed by atoms with E-state index in [9.17, 15) is 4.79 Å². The number of piperidine rings is 1. The molecule has 3 atom stereocenters. The third-order valence-electron chi connectivity index (χ3n) is 3.68. The molecule has 0 aromatic heterocycles. The molecule has 0 amide bonds. The van der Waals surface area contributed by atoms with Crippen LogP contribution in [0.4, 0.5) is 0 Å². The van der Waals surface area contributed by atoms with Crippen molar-refractivity contribution in [2.24, 2.45) is 11.7 Å². The predicted molar refractivity (Wildman–Crippen MR) is 67.9 cm³/mol. The summed E-state index contributed by atoms with van der Waals surface area (Å²) in [5.41, 5.74) is 5.66. The van der Waals surface area contributed by atoms with E-state index in [4.69, 9.17) is 10.8 Å². The van der Waals surface area contributed by atoms with Gasteiger partial charge in [-0.05, 0) is 52.9 Å². The molecule has 17 heavy (non-hydrogen) atoms. The maximum absolute atomic E-state index is 10.9. The lowest BCUT2D eigenvalue weighted by molar-refractivity contribution is -0.139. The second-order valence-corrected chi connectivity index (χ2v) is 5.38. The van der Waals surface area contributed by atoms with Gasteiger partial charge < -0.3 is 20.6 Å². The van der Waals surface area contributed by atoms with Crippen molar-refractivity contribution in [3.8, 4) is 0 Å². The van der Waals surface area contributed by atoms with E-state index in [-0.39, 0.29) is 6.04 Å². The minimum absolute atomic E-state index is 0.254. The van der Waals surface area contributed by atoms with Crippen molar-refractivity contribution < 1.29 is 9.90 Å². The van der Waals surface area contributed by atoms with Crippen LogP contribution in [0.1, 0.15) is 19.3 Å². The fourth-order valence-electron chi connectivity index (χ4n) is 2.71. The van der Waals surface area contributed by atoms with Gasteiger partial charge in [0.05, 0.1) is 0 Å². The standard InChI is InChI=1S/C12H25N3O2/c1-14(2)11(7-10(13)12(16)17)9-5-4-6-15(3)8-9/h9-11H,4-8,13H2,1-3H3,(H,16,17). The second kappa shape index (κ2) is 6.33. The van der Waals surface area contributed by atoms with Crippen LogP contribution < -0.4 is 5.73 Å². The first-order valence-corrected chi connectivity index (χ1v) is 6.25. The highest BCUT2D eigenvalue weighted by Gasteiger charge is 2.30. The smallest absolute Gasteiger partial charge is 0.320 e. The van der Waals surface area contributed by atoms with Crippen LogP contribution in [0.2, 0.25) is 0 Å². The number of carbonyl (C=O) groups is 1. The topological polar surface area (TPSA) is 69.8 Å².